The average molecular weight is 350 g/mol. The molecule has 2 aliphatic heterocycles. The number of hydrogen-bond donors (Lipinski definition) is 1. The molecule has 1 aromatic rings. The van der Waals surface area contributed by atoms with Crippen LogP contribution in [0.3, 0.4) is 0 Å². The van der Waals surface area contributed by atoms with Crippen LogP contribution in [-0.4, -0.2) is 47.6 Å². The van der Waals surface area contributed by atoms with Crippen molar-refractivity contribution in [2.24, 2.45) is 11.8 Å². The van der Waals surface area contributed by atoms with Crippen molar-refractivity contribution in [3.8, 4) is 0 Å². The molecule has 0 radical (unpaired) electrons. The minimum atomic E-state index is 0.0339. The second-order valence-electron chi connectivity index (χ2n) is 7.50. The lowest BCUT2D eigenvalue weighted by molar-refractivity contribution is -0.139. The van der Waals surface area contributed by atoms with Crippen LogP contribution in [0.1, 0.15) is 43.5 Å². The fourth-order valence-electron chi connectivity index (χ4n) is 4.44. The summed E-state index contributed by atoms with van der Waals surface area (Å²) in [5.74, 6) is 0.732. The summed E-state index contributed by atoms with van der Waals surface area (Å²) in [6.45, 7) is 3.63. The Morgan fingerprint density at radius 2 is 2.25 bits per heavy atom. The first-order valence-corrected chi connectivity index (χ1v) is 10.2. The number of fused-ring (bicyclic) bond motifs is 1. The molecule has 1 amide bonds. The van der Waals surface area contributed by atoms with Gasteiger partial charge in [0.05, 0.1) is 25.2 Å². The second-order valence-corrected chi connectivity index (χ2v) is 8.48. The summed E-state index contributed by atoms with van der Waals surface area (Å²) in [6, 6.07) is 0.406. The van der Waals surface area contributed by atoms with Gasteiger partial charge >= 0.3 is 0 Å². The Hall–Kier alpha value is -0.980. The van der Waals surface area contributed by atoms with E-state index in [2.05, 4.69) is 15.2 Å². The largest absolute Gasteiger partial charge is 0.377 e. The Balaban J connectivity index is 1.31. The third-order valence-corrected chi connectivity index (χ3v) is 6.53. The number of amides is 1. The van der Waals surface area contributed by atoms with Crippen LogP contribution in [0.15, 0.2) is 11.6 Å². The van der Waals surface area contributed by atoms with Gasteiger partial charge in [-0.25, -0.2) is 4.98 Å². The van der Waals surface area contributed by atoms with Crippen molar-refractivity contribution >= 4 is 17.2 Å². The van der Waals surface area contributed by atoms with Crippen LogP contribution >= 0.6 is 11.3 Å². The molecule has 0 bridgehead atoms. The van der Waals surface area contributed by atoms with E-state index in [1.165, 1.54) is 17.8 Å². The first kappa shape index (κ1) is 16.5. The highest BCUT2D eigenvalue weighted by molar-refractivity contribution is 7.09. The highest BCUT2D eigenvalue weighted by atomic mass is 32.1. The molecular weight excluding hydrogens is 322 g/mol. The van der Waals surface area contributed by atoms with Gasteiger partial charge in [-0.2, -0.15) is 0 Å². The molecule has 24 heavy (non-hydrogen) atoms. The van der Waals surface area contributed by atoms with Gasteiger partial charge in [0, 0.05) is 30.7 Å². The number of likely N-dealkylation sites (tertiary alicyclic amines) is 1. The third kappa shape index (κ3) is 3.81. The van der Waals surface area contributed by atoms with Gasteiger partial charge in [0.1, 0.15) is 5.01 Å². The first-order valence-electron chi connectivity index (χ1n) is 9.30. The van der Waals surface area contributed by atoms with Crippen LogP contribution in [-0.2, 0) is 16.1 Å². The zero-order valence-corrected chi connectivity index (χ0v) is 15.0. The Labute approximate surface area is 147 Å². The van der Waals surface area contributed by atoms with Crippen molar-refractivity contribution < 1.29 is 9.53 Å². The third-order valence-electron chi connectivity index (χ3n) is 5.76. The van der Waals surface area contributed by atoms with Gasteiger partial charge < -0.3 is 10.1 Å². The molecule has 0 unspecified atom stereocenters. The SMILES string of the molecule is O=C(NC1CCCC1)[C@H]1CO[C@H]2CCN(Cc3nccs3)C[C@H]2C1. The quantitative estimate of drug-likeness (QED) is 0.907. The van der Waals surface area contributed by atoms with Crippen LogP contribution in [0, 0.1) is 11.8 Å². The minimum Gasteiger partial charge on any atom is -0.377 e. The van der Waals surface area contributed by atoms with Gasteiger partial charge in [-0.3, -0.25) is 9.69 Å². The predicted octanol–water partition coefficient (Wildman–Crippen LogP) is 2.43. The van der Waals surface area contributed by atoms with Crippen LogP contribution in [0.25, 0.3) is 0 Å². The molecule has 1 aromatic heterocycles. The number of hydrogen-bond acceptors (Lipinski definition) is 5. The van der Waals surface area contributed by atoms with Gasteiger partial charge in [-0.05, 0) is 31.6 Å². The summed E-state index contributed by atoms with van der Waals surface area (Å²) < 4.78 is 6.06. The van der Waals surface area contributed by atoms with Crippen molar-refractivity contribution in [1.29, 1.82) is 0 Å². The standard InChI is InChI=1S/C18H27N3O2S/c22-18(20-15-3-1-2-4-15)14-9-13-10-21(7-5-16(13)23-12-14)11-17-19-6-8-24-17/h6,8,13-16H,1-5,7,9-12H2,(H,20,22)/t13-,14-,16+/m1/s1. The highest BCUT2D eigenvalue weighted by Gasteiger charge is 2.38. The van der Waals surface area contributed by atoms with Gasteiger partial charge in [0.15, 0.2) is 0 Å². The van der Waals surface area contributed by atoms with E-state index < -0.39 is 0 Å². The maximum absolute atomic E-state index is 12.6. The highest BCUT2D eigenvalue weighted by Crippen LogP contribution is 2.32. The fraction of sp³-hybridized carbons (Fsp3) is 0.778. The number of ether oxygens (including phenoxy) is 1. The second kappa shape index (κ2) is 7.50. The lowest BCUT2D eigenvalue weighted by atomic mass is 9.83. The molecule has 6 heteroatoms. The summed E-state index contributed by atoms with van der Waals surface area (Å²) in [4.78, 5) is 19.4. The van der Waals surface area contributed by atoms with Crippen molar-refractivity contribution in [3.63, 3.8) is 0 Å². The molecule has 3 atom stereocenters. The van der Waals surface area contributed by atoms with Gasteiger partial charge in [-0.15, -0.1) is 11.3 Å². The molecular formula is C18H27N3O2S. The number of nitrogens with zero attached hydrogens (tertiary/aromatic N) is 2. The summed E-state index contributed by atoms with van der Waals surface area (Å²) >= 11 is 1.72. The lowest BCUT2D eigenvalue weighted by Crippen LogP contribution is -2.51. The fourth-order valence-corrected chi connectivity index (χ4v) is 5.10. The molecule has 2 saturated heterocycles. The maximum atomic E-state index is 12.6. The number of aromatic nitrogens is 1. The smallest absolute Gasteiger partial charge is 0.225 e. The van der Waals surface area contributed by atoms with Gasteiger partial charge in [-0.1, -0.05) is 12.8 Å². The molecule has 1 saturated carbocycles. The van der Waals surface area contributed by atoms with E-state index in [9.17, 15) is 4.79 Å². The molecule has 5 nitrogen and oxygen atoms in total. The average Bonchev–Trinajstić information content (AvgIpc) is 3.28. The maximum Gasteiger partial charge on any atom is 0.225 e. The summed E-state index contributed by atoms with van der Waals surface area (Å²) in [5.41, 5.74) is 0. The van der Waals surface area contributed by atoms with Crippen molar-refractivity contribution in [2.75, 3.05) is 19.7 Å². The zero-order chi connectivity index (χ0) is 16.4. The predicted molar refractivity (Wildman–Crippen MR) is 93.7 cm³/mol. The number of piperidine rings is 1. The summed E-state index contributed by atoms with van der Waals surface area (Å²) in [6.07, 6.45) is 9.06. The molecule has 3 aliphatic rings. The Bertz CT molecular complexity index is 544. The van der Waals surface area contributed by atoms with Crippen molar-refractivity contribution in [1.82, 2.24) is 15.2 Å². The Kier molecular flexibility index (Phi) is 5.15. The lowest BCUT2D eigenvalue weighted by Gasteiger charge is -2.43. The van der Waals surface area contributed by atoms with Crippen LogP contribution in [0.2, 0.25) is 0 Å². The Morgan fingerprint density at radius 3 is 3.04 bits per heavy atom. The number of nitrogens with one attached hydrogen (secondary N) is 1. The van der Waals surface area contributed by atoms with Gasteiger partial charge in [0.25, 0.3) is 0 Å². The van der Waals surface area contributed by atoms with E-state index >= 15 is 0 Å². The van der Waals surface area contributed by atoms with E-state index in [1.807, 2.05) is 11.6 Å². The topological polar surface area (TPSA) is 54.5 Å². The Morgan fingerprint density at radius 1 is 1.38 bits per heavy atom. The van der Waals surface area contributed by atoms with E-state index in [1.54, 1.807) is 11.3 Å². The monoisotopic (exact) mass is 349 g/mol. The van der Waals surface area contributed by atoms with E-state index in [4.69, 9.17) is 4.74 Å². The number of carbonyl (C=O) groups excluding carboxylic acids is 1. The number of carbonyl (C=O) groups is 1. The molecule has 0 spiro atoms. The van der Waals surface area contributed by atoms with Crippen molar-refractivity contribution in [3.05, 3.63) is 16.6 Å². The molecule has 1 N–H and O–H groups in total. The molecule has 4 rings (SSSR count). The normalized spacial score (nSPS) is 31.8. The van der Waals surface area contributed by atoms with E-state index in [-0.39, 0.29) is 11.8 Å². The molecule has 132 valence electrons. The van der Waals surface area contributed by atoms with Gasteiger partial charge in [0.2, 0.25) is 5.91 Å². The molecule has 1 aliphatic carbocycles. The summed E-state index contributed by atoms with van der Waals surface area (Å²) in [5, 5.41) is 6.47. The van der Waals surface area contributed by atoms with Crippen LogP contribution < -0.4 is 5.32 Å². The minimum absolute atomic E-state index is 0.0339. The molecule has 0 aromatic carbocycles. The van der Waals surface area contributed by atoms with E-state index in [0.29, 0.717) is 24.7 Å². The first-order chi connectivity index (χ1) is 11.8. The number of rotatable bonds is 4. The van der Waals surface area contributed by atoms with Crippen LogP contribution in [0.5, 0.6) is 0 Å². The van der Waals surface area contributed by atoms with Crippen molar-refractivity contribution in [2.45, 2.75) is 57.2 Å². The molecule has 3 fully saturated rings. The van der Waals surface area contributed by atoms with E-state index in [0.717, 1.165) is 45.3 Å². The number of thiazole rings is 1. The summed E-state index contributed by atoms with van der Waals surface area (Å²) in [7, 11) is 0. The molecule has 3 heterocycles. The van der Waals surface area contributed by atoms with Crippen LogP contribution in [0.4, 0.5) is 0 Å². The zero-order valence-electron chi connectivity index (χ0n) is 14.2.